The van der Waals surface area contributed by atoms with E-state index >= 15 is 0 Å². The minimum atomic E-state index is -2.60. The van der Waals surface area contributed by atoms with Crippen LogP contribution in [0.15, 0.2) is 6.20 Å². The van der Waals surface area contributed by atoms with Crippen molar-refractivity contribution in [3.8, 4) is 5.75 Å². The Balaban J connectivity index is 1.88. The first-order valence-electron chi connectivity index (χ1n) is 6.80. The highest BCUT2D eigenvalue weighted by molar-refractivity contribution is 6.28. The van der Waals surface area contributed by atoms with Crippen LogP contribution in [0.2, 0.25) is 5.28 Å². The van der Waals surface area contributed by atoms with Crippen LogP contribution >= 0.6 is 11.6 Å². The van der Waals surface area contributed by atoms with E-state index in [1.807, 2.05) is 0 Å². The Morgan fingerprint density at radius 1 is 1.52 bits per heavy atom. The summed E-state index contributed by atoms with van der Waals surface area (Å²) in [6.45, 7) is 0.00983. The van der Waals surface area contributed by atoms with Gasteiger partial charge < -0.3 is 15.2 Å². The minimum absolute atomic E-state index is 0.00983. The number of ether oxygens (including phenoxy) is 1. The van der Waals surface area contributed by atoms with Crippen molar-refractivity contribution >= 4 is 17.4 Å². The summed E-state index contributed by atoms with van der Waals surface area (Å²) in [4.78, 5) is 7.74. The lowest BCUT2D eigenvalue weighted by molar-refractivity contribution is -0.0670. The van der Waals surface area contributed by atoms with E-state index in [9.17, 15) is 13.9 Å². The Morgan fingerprint density at radius 3 is 2.81 bits per heavy atom. The van der Waals surface area contributed by atoms with E-state index in [-0.39, 0.29) is 30.7 Å². The first-order chi connectivity index (χ1) is 9.91. The summed E-state index contributed by atoms with van der Waals surface area (Å²) < 4.78 is 31.6. The second kappa shape index (κ2) is 6.70. The van der Waals surface area contributed by atoms with Gasteiger partial charge in [-0.1, -0.05) is 0 Å². The number of hydrogen-bond acceptors (Lipinski definition) is 5. The van der Waals surface area contributed by atoms with Crippen LogP contribution in [0.25, 0.3) is 0 Å². The van der Waals surface area contributed by atoms with Crippen molar-refractivity contribution in [2.45, 2.75) is 37.7 Å². The average Bonchev–Trinajstić information content (AvgIpc) is 2.45. The van der Waals surface area contributed by atoms with Crippen LogP contribution in [0.5, 0.6) is 5.75 Å². The van der Waals surface area contributed by atoms with Gasteiger partial charge in [0.05, 0.1) is 12.3 Å². The fourth-order valence-corrected chi connectivity index (χ4v) is 2.53. The molecule has 21 heavy (non-hydrogen) atoms. The van der Waals surface area contributed by atoms with Crippen molar-refractivity contribution in [2.24, 2.45) is 5.92 Å². The van der Waals surface area contributed by atoms with Gasteiger partial charge in [-0.3, -0.25) is 0 Å². The molecule has 0 radical (unpaired) electrons. The third-order valence-corrected chi connectivity index (χ3v) is 3.86. The molecule has 1 aromatic rings. The minimum Gasteiger partial charge on any atom is -0.485 e. The number of nitrogens with one attached hydrogen (secondary N) is 1. The smallest absolute Gasteiger partial charge is 0.248 e. The van der Waals surface area contributed by atoms with Crippen molar-refractivity contribution < 1.29 is 18.6 Å². The zero-order valence-corrected chi connectivity index (χ0v) is 12.4. The molecule has 0 amide bonds. The third-order valence-electron chi connectivity index (χ3n) is 3.68. The molecule has 0 aliphatic heterocycles. The summed E-state index contributed by atoms with van der Waals surface area (Å²) >= 11 is 5.67. The molecule has 1 heterocycles. The highest BCUT2D eigenvalue weighted by Gasteiger charge is 2.37. The molecule has 1 unspecified atom stereocenters. The summed E-state index contributed by atoms with van der Waals surface area (Å²) in [6.07, 6.45) is 0.854. The van der Waals surface area contributed by atoms with E-state index < -0.39 is 12.0 Å². The largest absolute Gasteiger partial charge is 0.485 e. The summed E-state index contributed by atoms with van der Waals surface area (Å²) in [5.41, 5.74) is 0. The number of aliphatic hydroxyl groups is 1. The predicted octanol–water partition coefficient (Wildman–Crippen LogP) is 2.74. The van der Waals surface area contributed by atoms with Crippen LogP contribution in [-0.4, -0.2) is 40.8 Å². The van der Waals surface area contributed by atoms with Crippen LogP contribution in [-0.2, 0) is 0 Å². The van der Waals surface area contributed by atoms with E-state index in [0.29, 0.717) is 24.4 Å². The van der Waals surface area contributed by atoms with Gasteiger partial charge in [0.2, 0.25) is 11.2 Å². The average molecular weight is 322 g/mol. The van der Waals surface area contributed by atoms with Gasteiger partial charge in [-0.25, -0.2) is 13.8 Å². The van der Waals surface area contributed by atoms with Crippen molar-refractivity contribution in [3.63, 3.8) is 0 Å². The molecule has 0 saturated heterocycles. The van der Waals surface area contributed by atoms with Crippen LogP contribution in [0.4, 0.5) is 14.6 Å². The maximum atomic E-state index is 13.1. The van der Waals surface area contributed by atoms with Crippen LogP contribution in [0.3, 0.4) is 0 Å². The van der Waals surface area contributed by atoms with Gasteiger partial charge >= 0.3 is 0 Å². The molecule has 1 aliphatic rings. The van der Waals surface area contributed by atoms with Gasteiger partial charge in [0.1, 0.15) is 6.61 Å². The Hall–Kier alpha value is -1.21. The zero-order chi connectivity index (χ0) is 15.5. The normalized spacial score (nSPS) is 20.0. The van der Waals surface area contributed by atoms with Gasteiger partial charge in [-0.2, -0.15) is 4.98 Å². The Labute approximate surface area is 126 Å². The number of nitrogens with zero attached hydrogens (tertiary/aromatic N) is 2. The van der Waals surface area contributed by atoms with Gasteiger partial charge in [0.25, 0.3) is 0 Å². The summed E-state index contributed by atoms with van der Waals surface area (Å²) in [7, 11) is 1.66. The molecule has 0 spiro atoms. The van der Waals surface area contributed by atoms with E-state index in [2.05, 4.69) is 15.3 Å². The molecule has 1 atom stereocenters. The van der Waals surface area contributed by atoms with Gasteiger partial charge in [-0.15, -0.1) is 0 Å². The molecule has 1 fully saturated rings. The fraction of sp³-hybridized carbons (Fsp3) is 0.692. The number of halogens is 3. The standard InChI is InChI=1S/C13H18ClF2N3O2/c1-17-11-10(6-18-12(14)19-11)21-7-9(20)8-2-4-13(15,16)5-3-8/h6,8-9,20H,2-5,7H2,1H3,(H,17,18,19). The molecular weight excluding hydrogens is 304 g/mol. The highest BCUT2D eigenvalue weighted by atomic mass is 35.5. The van der Waals surface area contributed by atoms with Crippen LogP contribution in [0.1, 0.15) is 25.7 Å². The quantitative estimate of drug-likeness (QED) is 0.816. The SMILES string of the molecule is CNc1nc(Cl)ncc1OCC(O)C1CCC(F)(F)CC1. The first-order valence-corrected chi connectivity index (χ1v) is 7.18. The van der Waals surface area contributed by atoms with Crippen molar-refractivity contribution in [1.82, 2.24) is 9.97 Å². The number of anilines is 1. The maximum absolute atomic E-state index is 13.1. The molecule has 5 nitrogen and oxygen atoms in total. The highest BCUT2D eigenvalue weighted by Crippen LogP contribution is 2.37. The summed E-state index contributed by atoms with van der Waals surface area (Å²) in [6, 6.07) is 0. The number of alkyl halides is 2. The molecule has 1 aliphatic carbocycles. The first kappa shape index (κ1) is 16.2. The van der Waals surface area contributed by atoms with Gasteiger partial charge in [-0.05, 0) is 30.4 Å². The monoisotopic (exact) mass is 321 g/mol. The lowest BCUT2D eigenvalue weighted by Gasteiger charge is -2.31. The number of hydrogen-bond donors (Lipinski definition) is 2. The van der Waals surface area contributed by atoms with Gasteiger partial charge in [0.15, 0.2) is 11.6 Å². The number of rotatable bonds is 5. The second-order valence-corrected chi connectivity index (χ2v) is 5.51. The molecule has 0 aromatic carbocycles. The Kier molecular flexibility index (Phi) is 5.16. The van der Waals surface area contributed by atoms with E-state index in [4.69, 9.17) is 16.3 Å². The third kappa shape index (κ3) is 4.38. The van der Waals surface area contributed by atoms with Crippen LogP contribution in [0, 0.1) is 5.92 Å². The fourth-order valence-electron chi connectivity index (χ4n) is 2.39. The van der Waals surface area contributed by atoms with E-state index in [1.165, 1.54) is 6.20 Å². The number of aromatic nitrogens is 2. The van der Waals surface area contributed by atoms with Crippen molar-refractivity contribution in [2.75, 3.05) is 19.0 Å². The Bertz CT molecular complexity index is 480. The molecule has 0 bridgehead atoms. The zero-order valence-electron chi connectivity index (χ0n) is 11.7. The molecular formula is C13H18ClF2N3O2. The molecule has 118 valence electrons. The summed E-state index contributed by atoms with van der Waals surface area (Å²) in [5.74, 6) is -1.99. The molecule has 2 rings (SSSR count). The van der Waals surface area contributed by atoms with Crippen LogP contribution < -0.4 is 10.1 Å². The van der Waals surface area contributed by atoms with Crippen molar-refractivity contribution in [1.29, 1.82) is 0 Å². The predicted molar refractivity (Wildman–Crippen MR) is 75.0 cm³/mol. The van der Waals surface area contributed by atoms with Gasteiger partial charge in [0, 0.05) is 19.9 Å². The Morgan fingerprint density at radius 2 is 2.19 bits per heavy atom. The van der Waals surface area contributed by atoms with E-state index in [0.717, 1.165) is 0 Å². The molecule has 8 heteroatoms. The summed E-state index contributed by atoms with van der Waals surface area (Å²) in [5, 5.41) is 13.0. The topological polar surface area (TPSA) is 67.3 Å². The number of aliphatic hydroxyl groups excluding tert-OH is 1. The second-order valence-electron chi connectivity index (χ2n) is 5.17. The molecule has 1 saturated carbocycles. The maximum Gasteiger partial charge on any atom is 0.248 e. The molecule has 1 aromatic heterocycles. The van der Waals surface area contributed by atoms with E-state index in [1.54, 1.807) is 7.05 Å². The lowest BCUT2D eigenvalue weighted by Crippen LogP contribution is -2.34. The van der Waals surface area contributed by atoms with Crippen molar-refractivity contribution in [3.05, 3.63) is 11.5 Å². The molecule has 2 N–H and O–H groups in total. The lowest BCUT2D eigenvalue weighted by atomic mass is 9.83.